The van der Waals surface area contributed by atoms with E-state index < -0.39 is 23.0 Å². The second kappa shape index (κ2) is 8.23. The van der Waals surface area contributed by atoms with Crippen LogP contribution in [0, 0.1) is 18.6 Å². The second-order valence-corrected chi connectivity index (χ2v) is 6.52. The van der Waals surface area contributed by atoms with Crippen LogP contribution in [0.3, 0.4) is 0 Å². The van der Waals surface area contributed by atoms with Crippen LogP contribution < -0.4 is 0 Å². The quantitative estimate of drug-likeness (QED) is 0.602. The van der Waals surface area contributed by atoms with E-state index in [1.807, 2.05) is 11.0 Å². The zero-order valence-electron chi connectivity index (χ0n) is 14.8. The smallest absolute Gasteiger partial charge is 0.193 e. The van der Waals surface area contributed by atoms with Crippen molar-refractivity contribution in [1.82, 2.24) is 9.80 Å². The van der Waals surface area contributed by atoms with E-state index in [2.05, 4.69) is 30.0 Å². The van der Waals surface area contributed by atoms with Gasteiger partial charge in [-0.2, -0.15) is 0 Å². The van der Waals surface area contributed by atoms with Crippen molar-refractivity contribution in [2.45, 2.75) is 13.5 Å². The third-order valence-electron chi connectivity index (χ3n) is 4.71. The van der Waals surface area contributed by atoms with Gasteiger partial charge in [0, 0.05) is 45.0 Å². The average Bonchev–Trinajstić information content (AvgIpc) is 2.63. The lowest BCUT2D eigenvalue weighted by atomic mass is 10.1. The molecular weight excluding hydrogens is 334 g/mol. The molecule has 0 radical (unpaired) electrons. The molecule has 0 N–H and O–H groups in total. The lowest BCUT2D eigenvalue weighted by Crippen LogP contribution is -2.43. The Kier molecular flexibility index (Phi) is 5.78. The molecular formula is C21H22F2N2O. The minimum atomic E-state index is -0.831. The molecule has 1 fully saturated rings. The van der Waals surface area contributed by atoms with E-state index in [1.165, 1.54) is 23.3 Å². The number of aryl methyl sites for hydroxylation is 1. The third-order valence-corrected chi connectivity index (χ3v) is 4.71. The molecule has 0 bridgehead atoms. The fourth-order valence-corrected chi connectivity index (χ4v) is 3.09. The SMILES string of the molecule is Cc1ccccc1CN1CCN(/C=C/C(=O)c2c(F)cccc2F)CC1. The van der Waals surface area contributed by atoms with E-state index >= 15 is 0 Å². The lowest BCUT2D eigenvalue weighted by Gasteiger charge is -2.34. The number of carbonyl (C=O) groups excluding carboxylic acids is 1. The average molecular weight is 356 g/mol. The number of hydrogen-bond donors (Lipinski definition) is 0. The van der Waals surface area contributed by atoms with Gasteiger partial charge in [0.05, 0.1) is 5.56 Å². The maximum absolute atomic E-state index is 13.6. The molecule has 2 aromatic rings. The van der Waals surface area contributed by atoms with E-state index in [4.69, 9.17) is 0 Å². The van der Waals surface area contributed by atoms with Gasteiger partial charge in [-0.15, -0.1) is 0 Å². The molecule has 0 amide bonds. The Morgan fingerprint density at radius 1 is 1.00 bits per heavy atom. The number of nitrogens with zero attached hydrogens (tertiary/aromatic N) is 2. The first kappa shape index (κ1) is 18.3. The number of carbonyl (C=O) groups is 1. The minimum Gasteiger partial charge on any atom is -0.375 e. The molecule has 1 heterocycles. The molecule has 1 saturated heterocycles. The van der Waals surface area contributed by atoms with Gasteiger partial charge in [0.25, 0.3) is 0 Å². The number of hydrogen-bond acceptors (Lipinski definition) is 3. The summed E-state index contributed by atoms with van der Waals surface area (Å²) >= 11 is 0. The zero-order chi connectivity index (χ0) is 18.5. The number of ketones is 1. The molecule has 1 aliphatic heterocycles. The summed E-state index contributed by atoms with van der Waals surface area (Å²) in [6, 6.07) is 11.8. The Morgan fingerprint density at radius 3 is 2.31 bits per heavy atom. The molecule has 1 aliphatic rings. The fraction of sp³-hybridized carbons (Fsp3) is 0.286. The number of rotatable bonds is 5. The van der Waals surface area contributed by atoms with E-state index in [0.717, 1.165) is 44.9 Å². The first-order valence-corrected chi connectivity index (χ1v) is 8.72. The molecule has 3 rings (SSSR count). The zero-order valence-corrected chi connectivity index (χ0v) is 14.8. The van der Waals surface area contributed by atoms with Gasteiger partial charge in [0.1, 0.15) is 11.6 Å². The van der Waals surface area contributed by atoms with Gasteiger partial charge in [0.15, 0.2) is 5.78 Å². The minimum absolute atomic E-state index is 0.498. The molecule has 5 heteroatoms. The predicted octanol–water partition coefficient (Wildman–Crippen LogP) is 3.79. The van der Waals surface area contributed by atoms with Crippen molar-refractivity contribution in [1.29, 1.82) is 0 Å². The number of halogens is 2. The molecule has 3 nitrogen and oxygen atoms in total. The Hall–Kier alpha value is -2.53. The van der Waals surface area contributed by atoms with Crippen molar-refractivity contribution in [2.24, 2.45) is 0 Å². The summed E-state index contributed by atoms with van der Waals surface area (Å²) in [4.78, 5) is 16.4. The van der Waals surface area contributed by atoms with Crippen LogP contribution in [0.25, 0.3) is 0 Å². The van der Waals surface area contributed by atoms with E-state index in [0.29, 0.717) is 0 Å². The summed E-state index contributed by atoms with van der Waals surface area (Å²) in [5.74, 6) is -2.31. The van der Waals surface area contributed by atoms with Crippen LogP contribution in [0.2, 0.25) is 0 Å². The number of piperazine rings is 1. The Bertz CT molecular complexity index is 791. The van der Waals surface area contributed by atoms with E-state index in [1.54, 1.807) is 6.20 Å². The van der Waals surface area contributed by atoms with Crippen LogP contribution in [-0.2, 0) is 6.54 Å². The molecule has 2 aromatic carbocycles. The molecule has 0 unspecified atom stereocenters. The Balaban J connectivity index is 1.55. The molecule has 0 spiro atoms. The second-order valence-electron chi connectivity index (χ2n) is 6.52. The summed E-state index contributed by atoms with van der Waals surface area (Å²) in [5.41, 5.74) is 2.11. The first-order valence-electron chi connectivity index (χ1n) is 8.72. The van der Waals surface area contributed by atoms with Gasteiger partial charge in [-0.1, -0.05) is 30.3 Å². The summed E-state index contributed by atoms with van der Waals surface area (Å²) in [6.45, 7) is 6.32. The van der Waals surface area contributed by atoms with Crippen molar-refractivity contribution in [3.05, 3.63) is 83.1 Å². The van der Waals surface area contributed by atoms with E-state index in [-0.39, 0.29) is 0 Å². The summed E-state index contributed by atoms with van der Waals surface area (Å²) < 4.78 is 27.3. The number of benzene rings is 2. The van der Waals surface area contributed by atoms with Crippen LogP contribution in [0.15, 0.2) is 54.7 Å². The predicted molar refractivity (Wildman–Crippen MR) is 97.9 cm³/mol. The molecule has 0 saturated carbocycles. The number of allylic oxidation sites excluding steroid dienone is 1. The van der Waals surface area contributed by atoms with Crippen molar-refractivity contribution >= 4 is 5.78 Å². The Morgan fingerprint density at radius 2 is 1.65 bits per heavy atom. The van der Waals surface area contributed by atoms with Gasteiger partial charge >= 0.3 is 0 Å². The maximum atomic E-state index is 13.6. The summed E-state index contributed by atoms with van der Waals surface area (Å²) in [6.07, 6.45) is 2.89. The van der Waals surface area contributed by atoms with Gasteiger partial charge < -0.3 is 4.90 Å². The third kappa shape index (κ3) is 4.35. The highest BCUT2D eigenvalue weighted by Gasteiger charge is 2.17. The normalized spacial score (nSPS) is 15.6. The van der Waals surface area contributed by atoms with Gasteiger partial charge in [-0.05, 0) is 30.2 Å². The van der Waals surface area contributed by atoms with Crippen LogP contribution in [0.5, 0.6) is 0 Å². The van der Waals surface area contributed by atoms with Crippen molar-refractivity contribution in [3.8, 4) is 0 Å². The van der Waals surface area contributed by atoms with Crippen LogP contribution >= 0.6 is 0 Å². The summed E-state index contributed by atoms with van der Waals surface area (Å²) in [5, 5.41) is 0. The van der Waals surface area contributed by atoms with Gasteiger partial charge in [0.2, 0.25) is 0 Å². The molecule has 0 aliphatic carbocycles. The topological polar surface area (TPSA) is 23.6 Å². The van der Waals surface area contributed by atoms with Crippen molar-refractivity contribution in [3.63, 3.8) is 0 Å². The largest absolute Gasteiger partial charge is 0.375 e. The highest BCUT2D eigenvalue weighted by atomic mass is 19.1. The molecule has 0 atom stereocenters. The molecule has 0 aromatic heterocycles. The Labute approximate surface area is 152 Å². The maximum Gasteiger partial charge on any atom is 0.193 e. The monoisotopic (exact) mass is 356 g/mol. The van der Waals surface area contributed by atoms with E-state index in [9.17, 15) is 13.6 Å². The highest BCUT2D eigenvalue weighted by molar-refractivity contribution is 6.04. The van der Waals surface area contributed by atoms with Crippen LogP contribution in [0.4, 0.5) is 8.78 Å². The summed E-state index contributed by atoms with van der Waals surface area (Å²) in [7, 11) is 0. The standard InChI is InChI=1S/C21H22F2N2O/c1-16-5-2-3-6-17(16)15-25-13-11-24(12-14-25)10-9-20(26)21-18(22)7-4-8-19(21)23/h2-10H,11-15H2,1H3/b10-9+. The van der Waals surface area contributed by atoms with Gasteiger partial charge in [-0.3, -0.25) is 9.69 Å². The first-order chi connectivity index (χ1) is 12.5. The van der Waals surface area contributed by atoms with Crippen molar-refractivity contribution < 1.29 is 13.6 Å². The van der Waals surface area contributed by atoms with Crippen LogP contribution in [-0.4, -0.2) is 41.8 Å². The highest BCUT2D eigenvalue weighted by Crippen LogP contribution is 2.15. The molecule has 136 valence electrons. The van der Waals surface area contributed by atoms with Gasteiger partial charge in [-0.25, -0.2) is 8.78 Å². The van der Waals surface area contributed by atoms with Crippen LogP contribution in [0.1, 0.15) is 21.5 Å². The van der Waals surface area contributed by atoms with Crippen molar-refractivity contribution in [2.75, 3.05) is 26.2 Å². The fourth-order valence-electron chi connectivity index (χ4n) is 3.09. The lowest BCUT2D eigenvalue weighted by molar-refractivity contribution is 0.103. The molecule has 26 heavy (non-hydrogen) atoms.